The summed E-state index contributed by atoms with van der Waals surface area (Å²) in [4.78, 5) is 4.32. The SMILES string of the molecule is FC(F)(F)c1cc(C(F)(F)F)c2nc3n(-c4c(Cl)oc5ccccc45)c4cccc5cccc(c54)n3c2c1. The Hall–Kier alpha value is -4.18. The highest BCUT2D eigenvalue weighted by Gasteiger charge is 2.40. The van der Waals surface area contributed by atoms with Gasteiger partial charge in [-0.1, -0.05) is 36.4 Å². The van der Waals surface area contributed by atoms with Gasteiger partial charge in [0, 0.05) is 10.8 Å². The first kappa shape index (κ1) is 23.0. The summed E-state index contributed by atoms with van der Waals surface area (Å²) in [6.45, 7) is 0. The Bertz CT molecular complexity index is 2080. The summed E-state index contributed by atoms with van der Waals surface area (Å²) in [7, 11) is 0. The molecule has 0 saturated carbocycles. The molecule has 4 aromatic carbocycles. The molecule has 0 radical (unpaired) electrons. The van der Waals surface area contributed by atoms with E-state index in [1.165, 1.54) is 8.97 Å². The quantitative estimate of drug-likeness (QED) is 0.194. The number of alkyl halides is 6. The third-order valence-corrected chi connectivity index (χ3v) is 6.93. The van der Waals surface area contributed by atoms with E-state index in [0.29, 0.717) is 39.1 Å². The third-order valence-electron chi connectivity index (χ3n) is 6.67. The lowest BCUT2D eigenvalue weighted by molar-refractivity contribution is -0.142. The molecule has 0 atom stereocenters. The maximum atomic E-state index is 14.1. The van der Waals surface area contributed by atoms with Crippen LogP contribution in [0, 0.1) is 0 Å². The second-order valence-electron chi connectivity index (χ2n) is 8.84. The van der Waals surface area contributed by atoms with Crippen LogP contribution in [0.4, 0.5) is 26.3 Å². The van der Waals surface area contributed by atoms with E-state index in [2.05, 4.69) is 4.98 Å². The smallest absolute Gasteiger partial charge is 0.418 e. The predicted molar refractivity (Wildman–Crippen MR) is 132 cm³/mol. The van der Waals surface area contributed by atoms with Crippen molar-refractivity contribution in [1.82, 2.24) is 14.0 Å². The van der Waals surface area contributed by atoms with Crippen LogP contribution in [-0.2, 0) is 12.4 Å². The van der Waals surface area contributed by atoms with Crippen molar-refractivity contribution in [2.75, 3.05) is 0 Å². The number of halogens is 7. The highest BCUT2D eigenvalue weighted by Crippen LogP contribution is 2.43. The zero-order chi connectivity index (χ0) is 26.6. The van der Waals surface area contributed by atoms with E-state index in [1.54, 1.807) is 48.5 Å². The molecule has 3 heterocycles. The summed E-state index contributed by atoms with van der Waals surface area (Å²) in [5, 5.41) is 1.84. The average Bonchev–Trinajstić information content (AvgIpc) is 3.40. The van der Waals surface area contributed by atoms with E-state index in [1.807, 2.05) is 12.1 Å². The van der Waals surface area contributed by atoms with E-state index in [4.69, 9.17) is 16.0 Å². The Labute approximate surface area is 213 Å². The summed E-state index contributed by atoms with van der Waals surface area (Å²) >= 11 is 6.54. The van der Waals surface area contributed by atoms with Gasteiger partial charge >= 0.3 is 12.4 Å². The summed E-state index contributed by atoms with van der Waals surface area (Å²) in [6.07, 6.45) is -10.1. The van der Waals surface area contributed by atoms with E-state index in [9.17, 15) is 26.3 Å². The number of imidazole rings is 1. The highest BCUT2D eigenvalue weighted by atomic mass is 35.5. The van der Waals surface area contributed by atoms with Crippen LogP contribution in [0.2, 0.25) is 5.22 Å². The molecule has 0 fully saturated rings. The number of hydrogen-bond acceptors (Lipinski definition) is 2. The molecule has 4 nitrogen and oxygen atoms in total. The van der Waals surface area contributed by atoms with Crippen molar-refractivity contribution in [1.29, 1.82) is 0 Å². The van der Waals surface area contributed by atoms with Gasteiger partial charge in [-0.15, -0.1) is 0 Å². The monoisotopic (exact) mass is 543 g/mol. The van der Waals surface area contributed by atoms with Crippen LogP contribution in [0.5, 0.6) is 0 Å². The fourth-order valence-corrected chi connectivity index (χ4v) is 5.41. The van der Waals surface area contributed by atoms with Crippen LogP contribution < -0.4 is 0 Å². The summed E-state index contributed by atoms with van der Waals surface area (Å²) in [5.41, 5.74) is -2.19. The molecule has 7 rings (SSSR count). The van der Waals surface area contributed by atoms with Crippen molar-refractivity contribution in [3.63, 3.8) is 0 Å². The number of aromatic nitrogens is 3. The zero-order valence-corrected chi connectivity index (χ0v) is 19.6. The second-order valence-corrected chi connectivity index (χ2v) is 9.19. The minimum atomic E-state index is -5.09. The van der Waals surface area contributed by atoms with E-state index < -0.39 is 29.0 Å². The molecule has 190 valence electrons. The number of benzene rings is 4. The molecule has 0 amide bonds. The molecule has 0 bridgehead atoms. The number of rotatable bonds is 1. The number of fused-ring (bicyclic) bond motifs is 5. The Morgan fingerprint density at radius 3 is 2.18 bits per heavy atom. The lowest BCUT2D eigenvalue weighted by Gasteiger charge is -2.17. The minimum Gasteiger partial charge on any atom is -0.442 e. The van der Waals surface area contributed by atoms with E-state index >= 15 is 0 Å². The van der Waals surface area contributed by atoms with Crippen LogP contribution in [0.15, 0.2) is 77.2 Å². The number of furan rings is 1. The Morgan fingerprint density at radius 1 is 0.763 bits per heavy atom. The third kappa shape index (κ3) is 3.10. The predicted octanol–water partition coefficient (Wildman–Crippen LogP) is 9.02. The van der Waals surface area contributed by atoms with Gasteiger partial charge in [-0.3, -0.25) is 8.97 Å². The van der Waals surface area contributed by atoms with Crippen LogP contribution in [0.3, 0.4) is 0 Å². The molecule has 3 aromatic heterocycles. The maximum Gasteiger partial charge on any atom is 0.418 e. The van der Waals surface area contributed by atoms with Crippen LogP contribution in [0.1, 0.15) is 11.1 Å². The van der Waals surface area contributed by atoms with Crippen molar-refractivity contribution < 1.29 is 30.8 Å². The maximum absolute atomic E-state index is 14.1. The van der Waals surface area contributed by atoms with Gasteiger partial charge in [-0.2, -0.15) is 26.3 Å². The van der Waals surface area contributed by atoms with Crippen molar-refractivity contribution in [2.24, 2.45) is 0 Å². The molecular weight excluding hydrogens is 532 g/mol. The standard InChI is InChI=1S/C27H12ClF6N3O/c28-24-23(15-7-1-2-10-20(15)38-24)37-18-9-4-6-13-5-3-8-17(21(13)18)36-19-12-14(26(29,30)31)11-16(27(32,33)34)22(19)35-25(36)37/h1-12H. The van der Waals surface area contributed by atoms with Gasteiger partial charge < -0.3 is 4.42 Å². The lowest BCUT2D eigenvalue weighted by Crippen LogP contribution is -2.11. The van der Waals surface area contributed by atoms with E-state index in [-0.39, 0.29) is 22.6 Å². The molecular formula is C27H12ClF6N3O. The molecule has 0 unspecified atom stereocenters. The average molecular weight is 544 g/mol. The van der Waals surface area contributed by atoms with Gasteiger partial charge in [0.1, 0.15) is 16.8 Å². The Morgan fingerprint density at radius 2 is 1.47 bits per heavy atom. The van der Waals surface area contributed by atoms with Crippen LogP contribution in [0.25, 0.3) is 55.3 Å². The zero-order valence-electron chi connectivity index (χ0n) is 18.8. The van der Waals surface area contributed by atoms with Gasteiger partial charge in [0.05, 0.1) is 27.7 Å². The van der Waals surface area contributed by atoms with Crippen molar-refractivity contribution in [3.8, 4) is 5.69 Å². The molecule has 7 aromatic rings. The number of para-hydroxylation sites is 1. The van der Waals surface area contributed by atoms with Crippen LogP contribution in [-0.4, -0.2) is 14.0 Å². The molecule has 0 aliphatic heterocycles. The van der Waals surface area contributed by atoms with Gasteiger partial charge in [-0.25, -0.2) is 4.98 Å². The van der Waals surface area contributed by atoms with Gasteiger partial charge in [0.25, 0.3) is 0 Å². The Kier molecular flexibility index (Phi) is 4.50. The fraction of sp³-hybridized carbons (Fsp3) is 0.0741. The molecule has 0 aliphatic rings. The minimum absolute atomic E-state index is 0.0479. The number of nitrogens with zero attached hydrogens (tertiary/aromatic N) is 3. The summed E-state index contributed by atoms with van der Waals surface area (Å²) in [6, 6.07) is 18.1. The normalized spacial score (nSPS) is 13.1. The molecule has 38 heavy (non-hydrogen) atoms. The van der Waals surface area contributed by atoms with Gasteiger partial charge in [0.2, 0.25) is 11.0 Å². The first-order valence-electron chi connectivity index (χ1n) is 11.2. The molecule has 0 spiro atoms. The largest absolute Gasteiger partial charge is 0.442 e. The second kappa shape index (κ2) is 7.44. The van der Waals surface area contributed by atoms with Crippen LogP contribution >= 0.6 is 11.6 Å². The van der Waals surface area contributed by atoms with E-state index in [0.717, 1.165) is 5.39 Å². The van der Waals surface area contributed by atoms with Crippen molar-refractivity contribution >= 4 is 61.2 Å². The number of hydrogen-bond donors (Lipinski definition) is 0. The van der Waals surface area contributed by atoms with Crippen molar-refractivity contribution in [2.45, 2.75) is 12.4 Å². The molecule has 0 aliphatic carbocycles. The topological polar surface area (TPSA) is 35.4 Å². The first-order chi connectivity index (χ1) is 18.0. The fourth-order valence-electron chi connectivity index (χ4n) is 5.15. The lowest BCUT2D eigenvalue weighted by atomic mass is 10.1. The van der Waals surface area contributed by atoms with Gasteiger partial charge in [0.15, 0.2) is 0 Å². The molecule has 0 saturated heterocycles. The summed E-state index contributed by atoms with van der Waals surface area (Å²) < 4.78 is 92.3. The highest BCUT2D eigenvalue weighted by molar-refractivity contribution is 6.32. The van der Waals surface area contributed by atoms with Crippen molar-refractivity contribution in [3.05, 3.63) is 89.1 Å². The molecule has 11 heteroatoms. The summed E-state index contributed by atoms with van der Waals surface area (Å²) in [5.74, 6) is -0.0514. The Balaban J connectivity index is 1.80. The van der Waals surface area contributed by atoms with Gasteiger partial charge in [-0.05, 0) is 53.4 Å². The first-order valence-corrected chi connectivity index (χ1v) is 11.6. The molecule has 0 N–H and O–H groups in total.